The van der Waals surface area contributed by atoms with E-state index in [2.05, 4.69) is 15.4 Å². The lowest BCUT2D eigenvalue weighted by Crippen LogP contribution is -2.12. The first-order chi connectivity index (χ1) is 9.29. The molecule has 0 spiro atoms. The Labute approximate surface area is 112 Å². The molecule has 2 aromatic rings. The Kier molecular flexibility index (Phi) is 4.74. The van der Waals surface area contributed by atoms with Gasteiger partial charge in [0.05, 0.1) is 0 Å². The van der Waals surface area contributed by atoms with E-state index in [1.54, 1.807) is 18.1 Å². The Morgan fingerprint density at radius 3 is 2.74 bits per heavy atom. The first kappa shape index (κ1) is 13.4. The molecular weight excluding hydrogens is 244 g/mol. The van der Waals surface area contributed by atoms with Crippen LogP contribution >= 0.6 is 0 Å². The topological polar surface area (TPSA) is 61.2 Å². The first-order valence-corrected chi connectivity index (χ1v) is 6.13. The molecule has 6 nitrogen and oxygen atoms in total. The molecule has 1 heterocycles. The SMILES string of the molecule is CNCc1ccccc1OCCOc1ncn(C)n1. The molecule has 0 saturated heterocycles. The fourth-order valence-electron chi connectivity index (χ4n) is 1.65. The van der Waals surface area contributed by atoms with Gasteiger partial charge in [0.1, 0.15) is 25.3 Å². The van der Waals surface area contributed by atoms with Crippen molar-refractivity contribution in [3.63, 3.8) is 0 Å². The molecule has 0 radical (unpaired) electrons. The molecule has 1 aromatic carbocycles. The monoisotopic (exact) mass is 262 g/mol. The Morgan fingerprint density at radius 1 is 1.21 bits per heavy atom. The van der Waals surface area contributed by atoms with Crippen molar-refractivity contribution in [1.82, 2.24) is 20.1 Å². The van der Waals surface area contributed by atoms with E-state index in [1.165, 1.54) is 0 Å². The normalized spacial score (nSPS) is 10.4. The van der Waals surface area contributed by atoms with Gasteiger partial charge in [-0.3, -0.25) is 4.68 Å². The highest BCUT2D eigenvalue weighted by Gasteiger charge is 2.03. The second kappa shape index (κ2) is 6.75. The maximum atomic E-state index is 5.69. The van der Waals surface area contributed by atoms with Crippen molar-refractivity contribution in [2.75, 3.05) is 20.3 Å². The van der Waals surface area contributed by atoms with Gasteiger partial charge in [0, 0.05) is 19.2 Å². The van der Waals surface area contributed by atoms with Crippen LogP contribution < -0.4 is 14.8 Å². The molecule has 6 heteroatoms. The molecule has 1 N–H and O–H groups in total. The van der Waals surface area contributed by atoms with E-state index in [0.29, 0.717) is 19.2 Å². The van der Waals surface area contributed by atoms with Crippen molar-refractivity contribution >= 4 is 0 Å². The number of ether oxygens (including phenoxy) is 2. The third kappa shape index (κ3) is 3.96. The zero-order chi connectivity index (χ0) is 13.5. The molecule has 0 saturated carbocycles. The summed E-state index contributed by atoms with van der Waals surface area (Å²) in [6, 6.07) is 8.30. The van der Waals surface area contributed by atoms with Gasteiger partial charge in [-0.25, -0.2) is 0 Å². The van der Waals surface area contributed by atoms with E-state index in [4.69, 9.17) is 9.47 Å². The third-order valence-corrected chi connectivity index (χ3v) is 2.49. The Bertz CT molecular complexity index is 513. The summed E-state index contributed by atoms with van der Waals surface area (Å²) in [6.07, 6.45) is 1.60. The average Bonchev–Trinajstić information content (AvgIpc) is 2.83. The van der Waals surface area contributed by atoms with Crippen LogP contribution in [-0.2, 0) is 13.6 Å². The van der Waals surface area contributed by atoms with E-state index in [-0.39, 0.29) is 0 Å². The van der Waals surface area contributed by atoms with Gasteiger partial charge < -0.3 is 14.8 Å². The smallest absolute Gasteiger partial charge is 0.335 e. The third-order valence-electron chi connectivity index (χ3n) is 2.49. The quantitative estimate of drug-likeness (QED) is 0.754. The van der Waals surface area contributed by atoms with Crippen molar-refractivity contribution in [2.24, 2.45) is 7.05 Å². The molecule has 0 amide bonds. The number of aromatic nitrogens is 3. The Hall–Kier alpha value is -2.08. The summed E-state index contributed by atoms with van der Waals surface area (Å²) >= 11 is 0. The second-order valence-corrected chi connectivity index (χ2v) is 4.04. The van der Waals surface area contributed by atoms with Crippen LogP contribution in [0.2, 0.25) is 0 Å². The minimum absolute atomic E-state index is 0.370. The lowest BCUT2D eigenvalue weighted by molar-refractivity contribution is 0.204. The molecular formula is C13H18N4O2. The minimum Gasteiger partial charge on any atom is -0.490 e. The molecule has 0 fully saturated rings. The van der Waals surface area contributed by atoms with Crippen molar-refractivity contribution in [1.29, 1.82) is 0 Å². The van der Waals surface area contributed by atoms with Crippen molar-refractivity contribution in [2.45, 2.75) is 6.54 Å². The highest BCUT2D eigenvalue weighted by molar-refractivity contribution is 5.33. The van der Waals surface area contributed by atoms with Gasteiger partial charge in [0.15, 0.2) is 0 Å². The number of para-hydroxylation sites is 1. The summed E-state index contributed by atoms with van der Waals surface area (Å²) in [5, 5.41) is 7.13. The van der Waals surface area contributed by atoms with Crippen molar-refractivity contribution < 1.29 is 9.47 Å². The van der Waals surface area contributed by atoms with Crippen LogP contribution in [0.25, 0.3) is 0 Å². The predicted molar refractivity (Wildman–Crippen MR) is 71.2 cm³/mol. The summed E-state index contributed by atoms with van der Waals surface area (Å²) < 4.78 is 12.7. The average molecular weight is 262 g/mol. The second-order valence-electron chi connectivity index (χ2n) is 4.04. The van der Waals surface area contributed by atoms with E-state index < -0.39 is 0 Å². The minimum atomic E-state index is 0.370. The number of benzene rings is 1. The molecule has 0 aliphatic rings. The molecule has 0 atom stereocenters. The van der Waals surface area contributed by atoms with Crippen LogP contribution in [-0.4, -0.2) is 35.0 Å². The fraction of sp³-hybridized carbons (Fsp3) is 0.385. The molecule has 0 unspecified atom stereocenters. The zero-order valence-corrected chi connectivity index (χ0v) is 11.2. The molecule has 0 bridgehead atoms. The van der Waals surface area contributed by atoms with Gasteiger partial charge in [-0.15, -0.1) is 5.10 Å². The summed E-state index contributed by atoms with van der Waals surface area (Å²) in [5.74, 6) is 0.870. The highest BCUT2D eigenvalue weighted by Crippen LogP contribution is 2.17. The number of nitrogens with one attached hydrogen (secondary N) is 1. The maximum absolute atomic E-state index is 5.69. The van der Waals surface area contributed by atoms with Gasteiger partial charge in [0.25, 0.3) is 0 Å². The van der Waals surface area contributed by atoms with Gasteiger partial charge in [-0.1, -0.05) is 18.2 Å². The standard InChI is InChI=1S/C13H18N4O2/c1-14-9-11-5-3-4-6-12(11)18-7-8-19-13-15-10-17(2)16-13/h3-6,10,14H,7-9H2,1-2H3. The summed E-state index contributed by atoms with van der Waals surface area (Å²) in [4.78, 5) is 3.97. The fourth-order valence-corrected chi connectivity index (χ4v) is 1.65. The van der Waals surface area contributed by atoms with E-state index >= 15 is 0 Å². The van der Waals surface area contributed by atoms with Crippen molar-refractivity contribution in [3.05, 3.63) is 36.2 Å². The van der Waals surface area contributed by atoms with E-state index in [9.17, 15) is 0 Å². The number of nitrogens with zero attached hydrogens (tertiary/aromatic N) is 3. The lowest BCUT2D eigenvalue weighted by Gasteiger charge is -2.10. The summed E-state index contributed by atoms with van der Waals surface area (Å²) in [7, 11) is 3.71. The van der Waals surface area contributed by atoms with Gasteiger partial charge >= 0.3 is 6.01 Å². The Balaban J connectivity index is 1.79. The number of hydrogen-bond donors (Lipinski definition) is 1. The molecule has 1 aromatic heterocycles. The van der Waals surface area contributed by atoms with Crippen LogP contribution in [0.4, 0.5) is 0 Å². The number of rotatable bonds is 7. The first-order valence-electron chi connectivity index (χ1n) is 6.13. The van der Waals surface area contributed by atoms with Crippen LogP contribution in [0, 0.1) is 0 Å². The lowest BCUT2D eigenvalue weighted by atomic mass is 10.2. The van der Waals surface area contributed by atoms with Crippen molar-refractivity contribution in [3.8, 4) is 11.8 Å². The van der Waals surface area contributed by atoms with Gasteiger partial charge in [0.2, 0.25) is 0 Å². The number of hydrogen-bond acceptors (Lipinski definition) is 5. The van der Waals surface area contributed by atoms with Crippen LogP contribution in [0.1, 0.15) is 5.56 Å². The van der Waals surface area contributed by atoms with E-state index in [1.807, 2.05) is 31.3 Å². The van der Waals surface area contributed by atoms with Gasteiger partial charge in [-0.05, 0) is 13.1 Å². The maximum Gasteiger partial charge on any atom is 0.335 e. The zero-order valence-electron chi connectivity index (χ0n) is 11.2. The molecule has 19 heavy (non-hydrogen) atoms. The summed E-state index contributed by atoms with van der Waals surface area (Å²) in [5.41, 5.74) is 1.13. The largest absolute Gasteiger partial charge is 0.490 e. The van der Waals surface area contributed by atoms with Crippen LogP contribution in [0.5, 0.6) is 11.8 Å². The summed E-state index contributed by atoms with van der Waals surface area (Å²) in [6.45, 7) is 1.65. The van der Waals surface area contributed by atoms with E-state index in [0.717, 1.165) is 17.9 Å². The Morgan fingerprint density at radius 2 is 2.00 bits per heavy atom. The molecule has 2 rings (SSSR count). The number of aryl methyl sites for hydroxylation is 1. The van der Waals surface area contributed by atoms with Crippen LogP contribution in [0.3, 0.4) is 0 Å². The molecule has 0 aliphatic carbocycles. The molecule has 0 aliphatic heterocycles. The van der Waals surface area contributed by atoms with Crippen LogP contribution in [0.15, 0.2) is 30.6 Å². The molecule has 102 valence electrons. The highest BCUT2D eigenvalue weighted by atomic mass is 16.5. The van der Waals surface area contributed by atoms with Gasteiger partial charge in [-0.2, -0.15) is 4.98 Å². The predicted octanol–water partition coefficient (Wildman–Crippen LogP) is 0.992.